The Bertz CT molecular complexity index is 204. The lowest BCUT2D eigenvalue weighted by Gasteiger charge is -1.94. The van der Waals surface area contributed by atoms with E-state index in [1.165, 1.54) is 11.3 Å². The third-order valence-corrected chi connectivity index (χ3v) is 1.33. The van der Waals surface area contributed by atoms with E-state index in [9.17, 15) is 0 Å². The van der Waals surface area contributed by atoms with E-state index in [0.717, 1.165) is 6.42 Å². The van der Waals surface area contributed by atoms with E-state index in [0.29, 0.717) is 0 Å². The van der Waals surface area contributed by atoms with Crippen molar-refractivity contribution in [2.45, 2.75) is 34.1 Å². The summed E-state index contributed by atoms with van der Waals surface area (Å²) >= 11 is 2.53. The molecule has 0 aromatic carbocycles. The molecule has 0 saturated heterocycles. The topological polar surface area (TPSA) is 33.1 Å². The molecule has 1 aromatic heterocycles. The zero-order valence-corrected chi connectivity index (χ0v) is 9.68. The summed E-state index contributed by atoms with van der Waals surface area (Å²) in [6, 6.07) is 4.12. The summed E-state index contributed by atoms with van der Waals surface area (Å²) in [7, 11) is 0. The number of pyridine rings is 1. The number of aryl methyl sites for hydroxylation is 2. The van der Waals surface area contributed by atoms with Crippen LogP contribution in [0.3, 0.4) is 0 Å². The Morgan fingerprint density at radius 3 is 2.23 bits per heavy atom. The van der Waals surface area contributed by atoms with E-state index in [1.807, 2.05) is 26.1 Å². The molecule has 1 rings (SSSR count). The zero-order chi connectivity index (χ0) is 10.7. The molecule has 0 radical (unpaired) electrons. The van der Waals surface area contributed by atoms with Crippen LogP contribution >= 0.6 is 12.9 Å². The van der Waals surface area contributed by atoms with Gasteiger partial charge in [-0.25, -0.2) is 0 Å². The Labute approximate surface area is 86.6 Å². The number of aromatic nitrogens is 1. The maximum atomic E-state index is 6.69. The van der Waals surface area contributed by atoms with Gasteiger partial charge in [-0.15, -0.1) is 0 Å². The molecule has 13 heavy (non-hydrogen) atoms. The molecular weight excluding hydrogens is 182 g/mol. The predicted molar refractivity (Wildman–Crippen MR) is 61.3 cm³/mol. The Balaban J connectivity index is 0. The summed E-state index contributed by atoms with van der Waals surface area (Å²) in [6.07, 6.45) is 2.88. The predicted octanol–water partition coefficient (Wildman–Crippen LogP) is 3.37. The van der Waals surface area contributed by atoms with Crippen LogP contribution in [-0.4, -0.2) is 9.54 Å². The Morgan fingerprint density at radius 2 is 1.92 bits per heavy atom. The van der Waals surface area contributed by atoms with E-state index in [2.05, 4.69) is 37.8 Å². The Morgan fingerprint density at radius 1 is 1.38 bits per heavy atom. The standard InChI is InChI=1S/C8H11N.C2H6.H2OS/c1-3-8-6-7(2)4-5-9-8;2*1-2/h4-6H,3H2,1-2H3;1-2H3;1-2H. The van der Waals surface area contributed by atoms with Gasteiger partial charge in [-0.1, -0.05) is 20.8 Å². The van der Waals surface area contributed by atoms with Crippen LogP contribution in [0.25, 0.3) is 0 Å². The summed E-state index contributed by atoms with van der Waals surface area (Å²) in [6.45, 7) is 8.20. The second kappa shape index (κ2) is 11.5. The Kier molecular flexibility index (Phi) is 13.2. The molecule has 0 aliphatic rings. The maximum Gasteiger partial charge on any atom is 0.0403 e. The van der Waals surface area contributed by atoms with E-state index < -0.39 is 0 Å². The minimum atomic E-state index is 1.03. The SMILES string of the molecule is CC.CCc1cc(C)ccn1.OS. The van der Waals surface area contributed by atoms with Crippen LogP contribution in [0.15, 0.2) is 18.3 Å². The van der Waals surface area contributed by atoms with Crippen LogP contribution < -0.4 is 0 Å². The van der Waals surface area contributed by atoms with Crippen LogP contribution in [0.2, 0.25) is 0 Å². The van der Waals surface area contributed by atoms with Crippen molar-refractivity contribution in [3.63, 3.8) is 0 Å². The lowest BCUT2D eigenvalue weighted by atomic mass is 10.2. The van der Waals surface area contributed by atoms with Gasteiger partial charge >= 0.3 is 0 Å². The van der Waals surface area contributed by atoms with Crippen LogP contribution in [0, 0.1) is 6.92 Å². The van der Waals surface area contributed by atoms with Gasteiger partial charge in [-0.3, -0.25) is 4.98 Å². The van der Waals surface area contributed by atoms with Gasteiger partial charge in [-0.05, 0) is 44.0 Å². The van der Waals surface area contributed by atoms with Crippen molar-refractivity contribution in [1.82, 2.24) is 4.98 Å². The van der Waals surface area contributed by atoms with Crippen LogP contribution in [-0.2, 0) is 6.42 Å². The first-order valence-electron chi connectivity index (χ1n) is 4.44. The molecule has 1 aromatic rings. The molecule has 0 aliphatic carbocycles. The van der Waals surface area contributed by atoms with E-state index in [1.54, 1.807) is 0 Å². The maximum absolute atomic E-state index is 6.69. The van der Waals surface area contributed by atoms with Crippen molar-refractivity contribution in [1.29, 1.82) is 0 Å². The highest BCUT2D eigenvalue weighted by Gasteiger charge is 1.87. The van der Waals surface area contributed by atoms with Gasteiger partial charge in [0, 0.05) is 11.9 Å². The van der Waals surface area contributed by atoms with Gasteiger partial charge < -0.3 is 4.55 Å². The fourth-order valence-electron chi connectivity index (χ4n) is 0.792. The van der Waals surface area contributed by atoms with E-state index in [-0.39, 0.29) is 0 Å². The number of hydrogen-bond donors (Lipinski definition) is 2. The van der Waals surface area contributed by atoms with Gasteiger partial charge in [0.25, 0.3) is 0 Å². The van der Waals surface area contributed by atoms with Gasteiger partial charge in [-0.2, -0.15) is 0 Å². The van der Waals surface area contributed by atoms with Crippen molar-refractivity contribution >= 4 is 12.9 Å². The van der Waals surface area contributed by atoms with Gasteiger partial charge in [0.1, 0.15) is 0 Å². The smallest absolute Gasteiger partial charge is 0.0403 e. The molecular formula is C10H19NOS. The van der Waals surface area contributed by atoms with Crippen molar-refractivity contribution in [3.8, 4) is 0 Å². The minimum Gasteiger partial charge on any atom is -0.333 e. The van der Waals surface area contributed by atoms with E-state index in [4.69, 9.17) is 4.55 Å². The normalized spacial score (nSPS) is 7.54. The first kappa shape index (κ1) is 15.0. The highest BCUT2D eigenvalue weighted by Crippen LogP contribution is 1.99. The van der Waals surface area contributed by atoms with Crippen molar-refractivity contribution in [3.05, 3.63) is 29.6 Å². The van der Waals surface area contributed by atoms with Crippen LogP contribution in [0.5, 0.6) is 0 Å². The van der Waals surface area contributed by atoms with Gasteiger partial charge in [0.05, 0.1) is 0 Å². The molecule has 0 fully saturated rings. The molecule has 3 heteroatoms. The molecule has 2 nitrogen and oxygen atoms in total. The third kappa shape index (κ3) is 7.81. The number of thiol groups is 1. The highest BCUT2D eigenvalue weighted by molar-refractivity contribution is 7.74. The molecule has 0 bridgehead atoms. The molecule has 0 atom stereocenters. The lowest BCUT2D eigenvalue weighted by Crippen LogP contribution is -1.85. The molecule has 76 valence electrons. The lowest BCUT2D eigenvalue weighted by molar-refractivity contribution is 0.679. The summed E-state index contributed by atoms with van der Waals surface area (Å²) < 4.78 is 6.69. The zero-order valence-electron chi connectivity index (χ0n) is 8.78. The van der Waals surface area contributed by atoms with Gasteiger partial charge in [0.15, 0.2) is 0 Å². The average Bonchev–Trinajstić information content (AvgIpc) is 2.24. The number of nitrogens with zero attached hydrogens (tertiary/aromatic N) is 1. The highest BCUT2D eigenvalue weighted by atomic mass is 32.1. The summed E-state index contributed by atoms with van der Waals surface area (Å²) in [4.78, 5) is 4.16. The number of hydrogen-bond acceptors (Lipinski definition) is 3. The summed E-state index contributed by atoms with van der Waals surface area (Å²) in [5.74, 6) is 0. The van der Waals surface area contributed by atoms with Crippen molar-refractivity contribution in [2.75, 3.05) is 0 Å². The fourth-order valence-corrected chi connectivity index (χ4v) is 0.792. The average molecular weight is 201 g/mol. The molecule has 0 spiro atoms. The molecule has 1 N–H and O–H groups in total. The van der Waals surface area contributed by atoms with Gasteiger partial charge in [0.2, 0.25) is 0 Å². The van der Waals surface area contributed by atoms with Crippen molar-refractivity contribution in [2.24, 2.45) is 0 Å². The fraction of sp³-hybridized carbons (Fsp3) is 0.500. The monoisotopic (exact) mass is 201 g/mol. The third-order valence-electron chi connectivity index (χ3n) is 1.33. The first-order valence-corrected chi connectivity index (χ1v) is 4.84. The number of rotatable bonds is 1. The minimum absolute atomic E-state index is 1.03. The first-order chi connectivity index (χ1) is 6.33. The molecule has 0 saturated carbocycles. The van der Waals surface area contributed by atoms with Crippen molar-refractivity contribution < 1.29 is 4.55 Å². The quantitative estimate of drug-likeness (QED) is 0.539. The van der Waals surface area contributed by atoms with Crippen LogP contribution in [0.4, 0.5) is 0 Å². The molecule has 0 aliphatic heterocycles. The molecule has 0 unspecified atom stereocenters. The van der Waals surface area contributed by atoms with E-state index >= 15 is 0 Å². The summed E-state index contributed by atoms with van der Waals surface area (Å²) in [5, 5.41) is 0. The second-order valence-corrected chi connectivity index (χ2v) is 2.18. The Hall–Kier alpha value is -0.540. The molecule has 0 amide bonds. The van der Waals surface area contributed by atoms with Crippen LogP contribution in [0.1, 0.15) is 32.0 Å². The second-order valence-electron chi connectivity index (χ2n) is 2.18. The largest absolute Gasteiger partial charge is 0.333 e. The molecule has 1 heterocycles. The summed E-state index contributed by atoms with van der Waals surface area (Å²) in [5.41, 5.74) is 2.47.